The lowest BCUT2D eigenvalue weighted by Gasteiger charge is -2.25. The minimum absolute atomic E-state index is 0.0174. The molecule has 4 rings (SSSR count). The van der Waals surface area contributed by atoms with Crippen LogP contribution < -0.4 is 24.4 Å². The van der Waals surface area contributed by atoms with E-state index in [0.717, 1.165) is 11.1 Å². The molecule has 2 heterocycles. The lowest BCUT2D eigenvalue weighted by atomic mass is 9.96. The third kappa shape index (κ3) is 5.72. The average Bonchev–Trinajstić information content (AvgIpc) is 3.13. The molecule has 0 fully saturated rings. The van der Waals surface area contributed by atoms with Gasteiger partial charge in [0.15, 0.2) is 4.80 Å². The Morgan fingerprint density at radius 2 is 1.73 bits per heavy atom. The number of carbonyl (C=O) groups excluding carboxylic acids is 2. The first-order chi connectivity index (χ1) is 17.7. The van der Waals surface area contributed by atoms with E-state index < -0.39 is 18.0 Å². The van der Waals surface area contributed by atoms with E-state index >= 15 is 0 Å². The lowest BCUT2D eigenvalue weighted by molar-refractivity contribution is -0.139. The number of hydrogen-bond acceptors (Lipinski definition) is 8. The SMILES string of the molecule is CCOC(=O)C1=C(C)N=c2s/c(=C\c3ccc(OC(C)=O)cc3)c(=O)n2[C@@H]1c1ccc(OC(C)C)cc1. The summed E-state index contributed by atoms with van der Waals surface area (Å²) in [7, 11) is 0. The number of nitrogens with zero attached hydrogens (tertiary/aromatic N) is 2. The van der Waals surface area contributed by atoms with Gasteiger partial charge < -0.3 is 14.2 Å². The highest BCUT2D eigenvalue weighted by Gasteiger charge is 2.33. The highest BCUT2D eigenvalue weighted by Crippen LogP contribution is 2.31. The molecule has 0 amide bonds. The van der Waals surface area contributed by atoms with E-state index in [0.29, 0.717) is 32.1 Å². The molecule has 0 N–H and O–H groups in total. The summed E-state index contributed by atoms with van der Waals surface area (Å²) in [4.78, 5) is 42.9. The van der Waals surface area contributed by atoms with Gasteiger partial charge in [-0.1, -0.05) is 35.6 Å². The topological polar surface area (TPSA) is 96.2 Å². The summed E-state index contributed by atoms with van der Waals surface area (Å²) in [6.07, 6.45) is 1.77. The number of rotatable bonds is 7. The minimum atomic E-state index is -0.697. The Hall–Kier alpha value is -3.98. The molecule has 3 aromatic rings. The van der Waals surface area contributed by atoms with Crippen LogP contribution in [0.25, 0.3) is 6.08 Å². The second kappa shape index (κ2) is 11.0. The average molecular weight is 521 g/mol. The molecule has 9 heteroatoms. The smallest absolute Gasteiger partial charge is 0.338 e. The Labute approximate surface area is 218 Å². The fourth-order valence-electron chi connectivity index (χ4n) is 4.06. The highest BCUT2D eigenvalue weighted by molar-refractivity contribution is 7.07. The van der Waals surface area contributed by atoms with Gasteiger partial charge in [0.1, 0.15) is 11.5 Å². The van der Waals surface area contributed by atoms with Gasteiger partial charge >= 0.3 is 11.9 Å². The van der Waals surface area contributed by atoms with Crippen molar-refractivity contribution in [3.8, 4) is 11.5 Å². The van der Waals surface area contributed by atoms with Crippen molar-refractivity contribution in [2.75, 3.05) is 6.61 Å². The maximum absolute atomic E-state index is 13.7. The number of fused-ring (bicyclic) bond motifs is 1. The van der Waals surface area contributed by atoms with Gasteiger partial charge in [0, 0.05) is 6.92 Å². The number of ether oxygens (including phenoxy) is 3. The van der Waals surface area contributed by atoms with Crippen molar-refractivity contribution in [2.24, 2.45) is 4.99 Å². The molecule has 0 unspecified atom stereocenters. The summed E-state index contributed by atoms with van der Waals surface area (Å²) in [5.41, 5.74) is 2.06. The Morgan fingerprint density at radius 3 is 2.32 bits per heavy atom. The molecule has 1 aliphatic rings. The van der Waals surface area contributed by atoms with E-state index in [1.165, 1.54) is 18.3 Å². The molecule has 0 saturated heterocycles. The van der Waals surface area contributed by atoms with Crippen molar-refractivity contribution >= 4 is 29.4 Å². The summed E-state index contributed by atoms with van der Waals surface area (Å²) in [5, 5.41) is 0. The van der Waals surface area contributed by atoms with Gasteiger partial charge in [-0.15, -0.1) is 0 Å². The van der Waals surface area contributed by atoms with Crippen molar-refractivity contribution in [1.29, 1.82) is 0 Å². The fraction of sp³-hybridized carbons (Fsp3) is 0.286. The molecule has 8 nitrogen and oxygen atoms in total. The van der Waals surface area contributed by atoms with E-state index in [9.17, 15) is 14.4 Å². The van der Waals surface area contributed by atoms with Gasteiger partial charge in [-0.2, -0.15) is 0 Å². The van der Waals surface area contributed by atoms with Crippen molar-refractivity contribution < 1.29 is 23.8 Å². The summed E-state index contributed by atoms with van der Waals surface area (Å²) >= 11 is 1.24. The second-order valence-electron chi connectivity index (χ2n) is 8.70. The summed E-state index contributed by atoms with van der Waals surface area (Å²) in [6.45, 7) is 8.92. The van der Waals surface area contributed by atoms with Gasteiger partial charge in [-0.25, -0.2) is 9.79 Å². The predicted molar refractivity (Wildman–Crippen MR) is 140 cm³/mol. The highest BCUT2D eigenvalue weighted by atomic mass is 32.1. The molecular formula is C28H28N2O6S. The number of carbonyl (C=O) groups is 2. The van der Waals surface area contributed by atoms with E-state index in [-0.39, 0.29) is 18.3 Å². The molecule has 2 aromatic carbocycles. The molecule has 0 radical (unpaired) electrons. The Morgan fingerprint density at radius 1 is 1.08 bits per heavy atom. The second-order valence-corrected chi connectivity index (χ2v) is 9.71. The number of hydrogen-bond donors (Lipinski definition) is 0. The fourth-order valence-corrected chi connectivity index (χ4v) is 5.10. The molecule has 1 aromatic heterocycles. The number of allylic oxidation sites excluding steroid dienone is 1. The van der Waals surface area contributed by atoms with Gasteiger partial charge in [-0.3, -0.25) is 14.2 Å². The van der Waals surface area contributed by atoms with Crippen LogP contribution in [0.5, 0.6) is 11.5 Å². The molecule has 37 heavy (non-hydrogen) atoms. The normalized spacial score (nSPS) is 15.3. The van der Waals surface area contributed by atoms with Gasteiger partial charge in [-0.05, 0) is 69.2 Å². The lowest BCUT2D eigenvalue weighted by Crippen LogP contribution is -2.39. The molecule has 0 spiro atoms. The van der Waals surface area contributed by atoms with Crippen LogP contribution in [0.4, 0.5) is 0 Å². The summed E-state index contributed by atoms with van der Waals surface area (Å²) in [6, 6.07) is 13.5. The first-order valence-electron chi connectivity index (χ1n) is 11.9. The maximum Gasteiger partial charge on any atom is 0.338 e. The van der Waals surface area contributed by atoms with Crippen molar-refractivity contribution in [3.63, 3.8) is 0 Å². The van der Waals surface area contributed by atoms with Crippen LogP contribution in [-0.4, -0.2) is 29.2 Å². The van der Waals surface area contributed by atoms with Gasteiger partial charge in [0.2, 0.25) is 0 Å². The number of thiazole rings is 1. The Balaban J connectivity index is 1.83. The Bertz CT molecular complexity index is 1530. The van der Waals surface area contributed by atoms with Crippen LogP contribution in [0.2, 0.25) is 0 Å². The molecule has 1 atom stereocenters. The first kappa shape index (κ1) is 26.1. The van der Waals surface area contributed by atoms with Crippen molar-refractivity contribution in [1.82, 2.24) is 4.57 Å². The number of esters is 2. The van der Waals surface area contributed by atoms with Crippen LogP contribution >= 0.6 is 11.3 Å². The minimum Gasteiger partial charge on any atom is -0.491 e. The maximum atomic E-state index is 13.7. The van der Waals surface area contributed by atoms with Crippen LogP contribution in [0.3, 0.4) is 0 Å². The first-order valence-corrected chi connectivity index (χ1v) is 12.7. The third-order valence-corrected chi connectivity index (χ3v) is 6.51. The number of benzene rings is 2. The summed E-state index contributed by atoms with van der Waals surface area (Å²) in [5.74, 6) is 0.205. The predicted octanol–water partition coefficient (Wildman–Crippen LogP) is 3.51. The molecular weight excluding hydrogens is 492 g/mol. The van der Waals surface area contributed by atoms with Crippen LogP contribution in [0, 0.1) is 0 Å². The largest absolute Gasteiger partial charge is 0.491 e. The zero-order valence-corrected chi connectivity index (χ0v) is 22.1. The monoisotopic (exact) mass is 520 g/mol. The molecule has 0 bridgehead atoms. The molecule has 192 valence electrons. The molecule has 1 aliphatic heterocycles. The quantitative estimate of drug-likeness (QED) is 0.350. The van der Waals surface area contributed by atoms with E-state index in [1.54, 1.807) is 48.8 Å². The zero-order chi connectivity index (χ0) is 26.7. The third-order valence-electron chi connectivity index (χ3n) is 5.52. The summed E-state index contributed by atoms with van der Waals surface area (Å²) < 4.78 is 18.2. The van der Waals surface area contributed by atoms with E-state index in [4.69, 9.17) is 14.2 Å². The Kier molecular flexibility index (Phi) is 7.73. The van der Waals surface area contributed by atoms with E-state index in [2.05, 4.69) is 4.99 Å². The van der Waals surface area contributed by atoms with Crippen molar-refractivity contribution in [2.45, 2.75) is 46.8 Å². The van der Waals surface area contributed by atoms with Crippen LogP contribution in [0.1, 0.15) is 51.8 Å². The number of aromatic nitrogens is 1. The zero-order valence-electron chi connectivity index (χ0n) is 21.3. The molecule has 0 aliphatic carbocycles. The van der Waals surface area contributed by atoms with Crippen molar-refractivity contribution in [3.05, 3.63) is 90.6 Å². The van der Waals surface area contributed by atoms with Crippen LogP contribution in [0.15, 0.2) is 69.6 Å². The van der Waals surface area contributed by atoms with Crippen LogP contribution in [-0.2, 0) is 14.3 Å². The van der Waals surface area contributed by atoms with E-state index in [1.807, 2.05) is 38.1 Å². The molecule has 0 saturated carbocycles. The van der Waals surface area contributed by atoms with Gasteiger partial charge in [0.25, 0.3) is 5.56 Å². The van der Waals surface area contributed by atoms with Gasteiger partial charge in [0.05, 0.1) is 34.6 Å². The standard InChI is InChI=1S/C28H28N2O6S/c1-6-34-27(33)24-17(4)29-28-30(25(24)20-9-13-21(14-10-20)35-16(2)3)26(32)23(37-28)15-19-7-11-22(12-8-19)36-18(5)31/h7-16,25H,6H2,1-5H3/b23-15-/t25-/m1/s1.